The first-order valence-electron chi connectivity index (χ1n) is 15.4. The lowest BCUT2D eigenvalue weighted by Gasteiger charge is -2.16. The molecule has 0 radical (unpaired) electrons. The molecule has 2 nitrogen and oxygen atoms in total. The molecule has 0 saturated heterocycles. The van der Waals surface area contributed by atoms with E-state index in [-0.39, 0.29) is 0 Å². The fourth-order valence-corrected chi connectivity index (χ4v) is 8.04. The average molecular weight is 603 g/mol. The van der Waals surface area contributed by atoms with Gasteiger partial charge in [0, 0.05) is 42.2 Å². The number of aromatic nitrogens is 1. The summed E-state index contributed by atoms with van der Waals surface area (Å²) in [5.41, 5.74) is 10.6. The molecular weight excluding hydrogens is 577 g/mol. The van der Waals surface area contributed by atoms with E-state index in [4.69, 9.17) is 0 Å². The van der Waals surface area contributed by atoms with Gasteiger partial charge in [0.05, 0.1) is 22.7 Å². The van der Waals surface area contributed by atoms with Gasteiger partial charge in [-0.25, -0.2) is 0 Å². The lowest BCUT2D eigenvalue weighted by molar-refractivity contribution is 1.18. The molecule has 0 aliphatic carbocycles. The van der Waals surface area contributed by atoms with Crippen LogP contribution in [0.3, 0.4) is 0 Å². The Hall–Kier alpha value is -5.95. The highest BCUT2D eigenvalue weighted by Gasteiger charge is 2.17. The Labute approximate surface area is 270 Å². The van der Waals surface area contributed by atoms with Crippen molar-refractivity contribution in [1.29, 1.82) is 5.26 Å². The average Bonchev–Trinajstić information content (AvgIpc) is 3.67. The Morgan fingerprint density at radius 3 is 1.78 bits per heavy atom. The van der Waals surface area contributed by atoms with Gasteiger partial charge in [-0.15, -0.1) is 11.3 Å². The van der Waals surface area contributed by atoms with Crippen LogP contribution in [-0.2, 0) is 0 Å². The van der Waals surface area contributed by atoms with E-state index in [1.165, 1.54) is 47.5 Å². The van der Waals surface area contributed by atoms with Gasteiger partial charge in [-0.1, -0.05) is 103 Å². The van der Waals surface area contributed by atoms with Gasteiger partial charge in [0.25, 0.3) is 0 Å². The third-order valence-electron chi connectivity index (χ3n) is 9.04. The molecule has 0 unspecified atom stereocenters. The van der Waals surface area contributed by atoms with Crippen molar-refractivity contribution in [3.05, 3.63) is 163 Å². The van der Waals surface area contributed by atoms with Crippen molar-refractivity contribution in [3.63, 3.8) is 0 Å². The Bertz CT molecular complexity index is 2610. The summed E-state index contributed by atoms with van der Waals surface area (Å²) < 4.78 is 4.99. The van der Waals surface area contributed by atoms with Crippen LogP contribution in [0.2, 0.25) is 0 Å². The van der Waals surface area contributed by atoms with Gasteiger partial charge in [0.2, 0.25) is 0 Å². The minimum absolute atomic E-state index is 0.670. The van der Waals surface area contributed by atoms with E-state index in [2.05, 4.69) is 144 Å². The van der Waals surface area contributed by atoms with E-state index in [0.717, 1.165) is 33.5 Å². The normalized spacial score (nSPS) is 11.5. The summed E-state index contributed by atoms with van der Waals surface area (Å²) in [6, 6.07) is 58.5. The maximum atomic E-state index is 10.00. The maximum Gasteiger partial charge on any atom is 0.0998 e. The zero-order valence-electron chi connectivity index (χ0n) is 24.8. The van der Waals surface area contributed by atoms with Crippen LogP contribution in [0.4, 0.5) is 0 Å². The number of nitrogens with zero attached hydrogens (tertiary/aromatic N) is 2. The first-order chi connectivity index (χ1) is 22.8. The van der Waals surface area contributed by atoms with Crippen molar-refractivity contribution >= 4 is 53.3 Å². The predicted molar refractivity (Wildman–Crippen MR) is 195 cm³/mol. The SMILES string of the molecule is N#Cc1ccccc1-c1ccccc1-c1cc(-c2ccc3sc4ccccc4c3c2)cc(-n2c3ccccc3c3ccccc32)c1. The number of hydrogen-bond acceptors (Lipinski definition) is 2. The Morgan fingerprint density at radius 1 is 0.435 bits per heavy atom. The molecule has 0 bridgehead atoms. The highest BCUT2D eigenvalue weighted by molar-refractivity contribution is 7.25. The molecule has 9 aromatic rings. The van der Waals surface area contributed by atoms with E-state index < -0.39 is 0 Å². The van der Waals surface area contributed by atoms with E-state index in [1.54, 1.807) is 0 Å². The third kappa shape index (κ3) is 4.16. The smallest absolute Gasteiger partial charge is 0.0998 e. The monoisotopic (exact) mass is 602 g/mol. The second kappa shape index (κ2) is 10.6. The van der Waals surface area contributed by atoms with Crippen molar-refractivity contribution < 1.29 is 0 Å². The standard InChI is InChI=1S/C43H26N2S/c44-27-29-11-1-2-12-33(29)35-14-4-3-13-34(35)31-23-30(28-21-22-43-39(26-28)38-17-7-10-20-42(38)46-43)24-32(25-31)45-40-18-8-5-15-36(40)37-16-6-9-19-41(37)45/h1-26H. The molecule has 0 saturated carbocycles. The van der Waals surface area contributed by atoms with E-state index in [1.807, 2.05) is 35.6 Å². The quantitative estimate of drug-likeness (QED) is 0.197. The van der Waals surface area contributed by atoms with E-state index in [9.17, 15) is 5.26 Å². The van der Waals surface area contributed by atoms with Gasteiger partial charge >= 0.3 is 0 Å². The first-order valence-corrected chi connectivity index (χ1v) is 16.2. The second-order valence-electron chi connectivity index (χ2n) is 11.7. The van der Waals surface area contributed by atoms with Crippen LogP contribution < -0.4 is 0 Å². The van der Waals surface area contributed by atoms with Crippen LogP contribution >= 0.6 is 11.3 Å². The topological polar surface area (TPSA) is 28.7 Å². The Kier molecular flexibility index (Phi) is 6.09. The number of para-hydroxylation sites is 2. The lowest BCUT2D eigenvalue weighted by atomic mass is 9.90. The van der Waals surface area contributed by atoms with Crippen molar-refractivity contribution in [1.82, 2.24) is 4.57 Å². The van der Waals surface area contributed by atoms with Crippen LogP contribution in [0.5, 0.6) is 0 Å². The summed E-state index contributed by atoms with van der Waals surface area (Å²) in [7, 11) is 0. The minimum Gasteiger partial charge on any atom is -0.309 e. The number of thiophene rings is 1. The van der Waals surface area contributed by atoms with Gasteiger partial charge in [-0.3, -0.25) is 0 Å². The number of benzene rings is 7. The van der Waals surface area contributed by atoms with Crippen LogP contribution in [0.15, 0.2) is 158 Å². The van der Waals surface area contributed by atoms with Crippen molar-refractivity contribution in [2.24, 2.45) is 0 Å². The van der Waals surface area contributed by atoms with Crippen molar-refractivity contribution in [3.8, 4) is 45.1 Å². The van der Waals surface area contributed by atoms with Crippen LogP contribution in [0, 0.1) is 11.3 Å². The molecule has 7 aromatic carbocycles. The maximum absolute atomic E-state index is 10.00. The summed E-state index contributed by atoms with van der Waals surface area (Å²) in [4.78, 5) is 0. The zero-order chi connectivity index (χ0) is 30.6. The molecule has 214 valence electrons. The molecule has 46 heavy (non-hydrogen) atoms. The molecule has 0 aliphatic heterocycles. The van der Waals surface area contributed by atoms with Gasteiger partial charge in [-0.05, 0) is 82.4 Å². The molecule has 0 amide bonds. The van der Waals surface area contributed by atoms with Crippen LogP contribution in [0.1, 0.15) is 5.56 Å². The molecule has 3 heteroatoms. The van der Waals surface area contributed by atoms with Crippen molar-refractivity contribution in [2.75, 3.05) is 0 Å². The largest absolute Gasteiger partial charge is 0.309 e. The summed E-state index contributed by atoms with van der Waals surface area (Å²) >= 11 is 1.84. The van der Waals surface area contributed by atoms with E-state index in [0.29, 0.717) is 5.56 Å². The van der Waals surface area contributed by atoms with Gasteiger partial charge in [0.1, 0.15) is 0 Å². The molecule has 9 rings (SSSR count). The van der Waals surface area contributed by atoms with Crippen LogP contribution in [-0.4, -0.2) is 4.57 Å². The minimum atomic E-state index is 0.670. The third-order valence-corrected chi connectivity index (χ3v) is 10.2. The first kappa shape index (κ1) is 26.5. The number of fused-ring (bicyclic) bond motifs is 6. The molecule has 2 aromatic heterocycles. The summed E-state index contributed by atoms with van der Waals surface area (Å²) in [5, 5.41) is 15.0. The Morgan fingerprint density at radius 2 is 1.02 bits per heavy atom. The zero-order valence-corrected chi connectivity index (χ0v) is 25.6. The fourth-order valence-electron chi connectivity index (χ4n) is 6.95. The molecule has 0 fully saturated rings. The molecule has 0 aliphatic rings. The summed E-state index contributed by atoms with van der Waals surface area (Å²) in [5.74, 6) is 0. The number of nitriles is 1. The van der Waals surface area contributed by atoms with Crippen molar-refractivity contribution in [2.45, 2.75) is 0 Å². The van der Waals surface area contributed by atoms with Gasteiger partial charge < -0.3 is 4.57 Å². The highest BCUT2D eigenvalue weighted by Crippen LogP contribution is 2.41. The molecule has 2 heterocycles. The lowest BCUT2D eigenvalue weighted by Crippen LogP contribution is -1.96. The highest BCUT2D eigenvalue weighted by atomic mass is 32.1. The molecule has 0 N–H and O–H groups in total. The van der Waals surface area contributed by atoms with Crippen LogP contribution in [0.25, 0.3) is 81.0 Å². The van der Waals surface area contributed by atoms with Gasteiger partial charge in [-0.2, -0.15) is 5.26 Å². The molecular formula is C43H26N2S. The Balaban J connectivity index is 1.35. The summed E-state index contributed by atoms with van der Waals surface area (Å²) in [6.07, 6.45) is 0. The summed E-state index contributed by atoms with van der Waals surface area (Å²) in [6.45, 7) is 0. The predicted octanol–water partition coefficient (Wildman–Crippen LogP) is 12.0. The molecule has 0 atom stereocenters. The fraction of sp³-hybridized carbons (Fsp3) is 0. The van der Waals surface area contributed by atoms with E-state index >= 15 is 0 Å². The van der Waals surface area contributed by atoms with Gasteiger partial charge in [0.15, 0.2) is 0 Å². The molecule has 0 spiro atoms. The second-order valence-corrected chi connectivity index (χ2v) is 12.7. The number of rotatable bonds is 4. The number of hydrogen-bond donors (Lipinski definition) is 0.